The summed E-state index contributed by atoms with van der Waals surface area (Å²) in [5.74, 6) is 0. The van der Waals surface area contributed by atoms with Gasteiger partial charge in [-0.2, -0.15) is 0 Å². The molecule has 0 spiro atoms. The number of alkyl halides is 3. The van der Waals surface area contributed by atoms with Gasteiger partial charge in [0.05, 0.1) is 0 Å². The van der Waals surface area contributed by atoms with Crippen molar-refractivity contribution in [3.8, 4) is 0 Å². The second kappa shape index (κ2) is 7.52. The molecule has 0 radical (unpaired) electrons. The van der Waals surface area contributed by atoms with Crippen LogP contribution in [0.25, 0.3) is 0 Å². The van der Waals surface area contributed by atoms with Crippen molar-refractivity contribution in [1.29, 1.82) is 0 Å². The maximum atomic E-state index is 11.8. The minimum absolute atomic E-state index is 0.0635. The fourth-order valence-electron chi connectivity index (χ4n) is 1.27. The van der Waals surface area contributed by atoms with Crippen LogP contribution in [0.2, 0.25) is 10.0 Å². The average molecular weight is 348 g/mol. The third-order valence-corrected chi connectivity index (χ3v) is 3.59. The van der Waals surface area contributed by atoms with E-state index in [0.717, 1.165) is 5.56 Å². The van der Waals surface area contributed by atoms with E-state index in [1.807, 2.05) is 0 Å². The first-order valence-corrected chi connectivity index (χ1v) is 6.62. The van der Waals surface area contributed by atoms with Crippen LogP contribution >= 0.6 is 39.1 Å². The lowest BCUT2D eigenvalue weighted by atomic mass is 10.1. The number of halogens is 5. The molecule has 0 aliphatic rings. The molecule has 1 unspecified atom stereocenters. The number of hydrogen-bond donors (Lipinski definition) is 0. The minimum atomic E-state index is -2.43. The fraction of sp³-hybridized carbons (Fsp3) is 0.455. The Morgan fingerprint density at radius 3 is 2.65 bits per heavy atom. The Hall–Kier alpha value is 0.1000. The molecule has 0 aliphatic carbocycles. The largest absolute Gasteiger partial charge is 0.375 e. The molecule has 1 nitrogen and oxygen atoms in total. The van der Waals surface area contributed by atoms with Crippen molar-refractivity contribution in [3.63, 3.8) is 0 Å². The van der Waals surface area contributed by atoms with Gasteiger partial charge in [-0.3, -0.25) is 0 Å². The normalized spacial score (nSPS) is 13.1. The number of rotatable bonds is 6. The highest BCUT2D eigenvalue weighted by Gasteiger charge is 2.12. The Labute approximate surface area is 117 Å². The van der Waals surface area contributed by atoms with Gasteiger partial charge in [-0.15, -0.1) is 0 Å². The smallest absolute Gasteiger partial charge is 0.261 e. The van der Waals surface area contributed by atoms with Crippen molar-refractivity contribution >= 4 is 39.1 Å². The Morgan fingerprint density at radius 1 is 1.29 bits per heavy atom. The van der Waals surface area contributed by atoms with Crippen LogP contribution in [0.15, 0.2) is 18.2 Å². The van der Waals surface area contributed by atoms with E-state index in [4.69, 9.17) is 27.9 Å². The van der Waals surface area contributed by atoms with Crippen molar-refractivity contribution in [3.05, 3.63) is 33.8 Å². The van der Waals surface area contributed by atoms with Gasteiger partial charge < -0.3 is 4.74 Å². The van der Waals surface area contributed by atoms with Gasteiger partial charge in [-0.05, 0) is 30.2 Å². The van der Waals surface area contributed by atoms with Crippen LogP contribution in [-0.4, -0.2) is 19.6 Å². The molecule has 0 aliphatic heterocycles. The molecule has 0 saturated carbocycles. The van der Waals surface area contributed by atoms with Gasteiger partial charge >= 0.3 is 0 Å². The Kier molecular flexibility index (Phi) is 6.70. The van der Waals surface area contributed by atoms with Crippen LogP contribution in [0.4, 0.5) is 8.78 Å². The van der Waals surface area contributed by atoms with E-state index in [0.29, 0.717) is 16.5 Å². The summed E-state index contributed by atoms with van der Waals surface area (Å²) >= 11 is 15.3. The van der Waals surface area contributed by atoms with E-state index >= 15 is 0 Å². The van der Waals surface area contributed by atoms with E-state index in [9.17, 15) is 8.78 Å². The predicted octanol–water partition coefficient (Wildman–Crippen LogP) is 5.10. The Morgan fingerprint density at radius 2 is 2.00 bits per heavy atom. The standard InChI is InChI=1S/C11H11BrCl2F2O/c12-9(3-4-17-6-11(15)16)8-5-7(13)1-2-10(8)14/h1-2,5,9,11H,3-4,6H2. The van der Waals surface area contributed by atoms with Gasteiger partial charge in [0.25, 0.3) is 6.43 Å². The first-order chi connectivity index (χ1) is 8.00. The molecule has 1 rings (SSSR count). The summed E-state index contributed by atoms with van der Waals surface area (Å²) in [5, 5.41) is 1.17. The summed E-state index contributed by atoms with van der Waals surface area (Å²) in [4.78, 5) is -0.0635. The molecule has 1 aromatic carbocycles. The zero-order valence-corrected chi connectivity index (χ0v) is 11.9. The van der Waals surface area contributed by atoms with E-state index in [1.54, 1.807) is 18.2 Å². The van der Waals surface area contributed by atoms with Gasteiger partial charge in [0.2, 0.25) is 0 Å². The predicted molar refractivity (Wildman–Crippen MR) is 69.6 cm³/mol. The summed E-state index contributed by atoms with van der Waals surface area (Å²) in [6.07, 6.45) is -1.88. The SMILES string of the molecule is FC(F)COCCC(Br)c1cc(Cl)ccc1Cl. The molecule has 0 N–H and O–H groups in total. The molecule has 1 aromatic rings. The summed E-state index contributed by atoms with van der Waals surface area (Å²) in [6.45, 7) is -0.300. The van der Waals surface area contributed by atoms with Gasteiger partial charge in [0.1, 0.15) is 6.61 Å². The maximum absolute atomic E-state index is 11.8. The first kappa shape index (κ1) is 15.2. The second-order valence-electron chi connectivity index (χ2n) is 3.39. The van der Waals surface area contributed by atoms with E-state index < -0.39 is 13.0 Å². The molecular formula is C11H11BrCl2F2O. The summed E-state index contributed by atoms with van der Waals surface area (Å²) < 4.78 is 28.4. The number of ether oxygens (including phenoxy) is 1. The van der Waals surface area contributed by atoms with Gasteiger partial charge in [-0.25, -0.2) is 8.78 Å². The number of hydrogen-bond acceptors (Lipinski definition) is 1. The van der Waals surface area contributed by atoms with Crippen molar-refractivity contribution in [2.75, 3.05) is 13.2 Å². The molecule has 0 aromatic heterocycles. The molecule has 1 atom stereocenters. The lowest BCUT2D eigenvalue weighted by molar-refractivity contribution is 0.0167. The van der Waals surface area contributed by atoms with E-state index in [2.05, 4.69) is 15.9 Å². The quantitative estimate of drug-likeness (QED) is 0.513. The molecule has 0 saturated heterocycles. The van der Waals surface area contributed by atoms with Gasteiger partial charge in [0.15, 0.2) is 0 Å². The van der Waals surface area contributed by atoms with Crippen LogP contribution in [0.1, 0.15) is 16.8 Å². The zero-order chi connectivity index (χ0) is 12.8. The molecule has 0 bridgehead atoms. The summed E-state index contributed by atoms with van der Waals surface area (Å²) in [7, 11) is 0. The van der Waals surface area contributed by atoms with Crippen LogP contribution in [-0.2, 0) is 4.74 Å². The molecule has 0 heterocycles. The van der Waals surface area contributed by atoms with Gasteiger partial charge in [-0.1, -0.05) is 39.1 Å². The maximum Gasteiger partial charge on any atom is 0.261 e. The molecule has 0 fully saturated rings. The molecule has 17 heavy (non-hydrogen) atoms. The highest BCUT2D eigenvalue weighted by Crippen LogP contribution is 2.33. The topological polar surface area (TPSA) is 9.23 Å². The van der Waals surface area contributed by atoms with E-state index in [-0.39, 0.29) is 11.4 Å². The lowest BCUT2D eigenvalue weighted by Crippen LogP contribution is -2.07. The number of benzene rings is 1. The Bertz CT molecular complexity index is 363. The van der Waals surface area contributed by atoms with Crippen LogP contribution < -0.4 is 0 Å². The van der Waals surface area contributed by atoms with Crippen LogP contribution in [0.3, 0.4) is 0 Å². The average Bonchev–Trinajstić information content (AvgIpc) is 2.27. The molecule has 96 valence electrons. The fourth-order valence-corrected chi connectivity index (χ4v) is 2.40. The molecule has 0 amide bonds. The second-order valence-corrected chi connectivity index (χ2v) is 5.34. The van der Waals surface area contributed by atoms with Gasteiger partial charge in [0, 0.05) is 21.5 Å². The van der Waals surface area contributed by atoms with Crippen molar-refractivity contribution in [2.24, 2.45) is 0 Å². The minimum Gasteiger partial charge on any atom is -0.375 e. The zero-order valence-electron chi connectivity index (χ0n) is 8.81. The molecule has 6 heteroatoms. The third kappa shape index (κ3) is 5.51. The highest BCUT2D eigenvalue weighted by molar-refractivity contribution is 9.09. The first-order valence-electron chi connectivity index (χ1n) is 4.95. The van der Waals surface area contributed by atoms with Crippen LogP contribution in [0, 0.1) is 0 Å². The van der Waals surface area contributed by atoms with Crippen molar-refractivity contribution in [2.45, 2.75) is 17.7 Å². The summed E-state index contributed by atoms with van der Waals surface area (Å²) in [6, 6.07) is 5.14. The Balaban J connectivity index is 2.46. The monoisotopic (exact) mass is 346 g/mol. The van der Waals surface area contributed by atoms with Crippen LogP contribution in [0.5, 0.6) is 0 Å². The van der Waals surface area contributed by atoms with E-state index in [1.165, 1.54) is 0 Å². The lowest BCUT2D eigenvalue weighted by Gasteiger charge is -2.12. The van der Waals surface area contributed by atoms with Crippen molar-refractivity contribution in [1.82, 2.24) is 0 Å². The van der Waals surface area contributed by atoms with Crippen molar-refractivity contribution < 1.29 is 13.5 Å². The summed E-state index contributed by atoms with van der Waals surface area (Å²) in [5.41, 5.74) is 0.833. The highest BCUT2D eigenvalue weighted by atomic mass is 79.9. The molecular weight excluding hydrogens is 337 g/mol. The third-order valence-electron chi connectivity index (χ3n) is 2.05.